The van der Waals surface area contributed by atoms with Crippen LogP contribution in [-0.4, -0.2) is 43.3 Å². The lowest BCUT2D eigenvalue weighted by Gasteiger charge is -2.39. The molecule has 19 heavy (non-hydrogen) atoms. The lowest BCUT2D eigenvalue weighted by molar-refractivity contribution is -0.135. The van der Waals surface area contributed by atoms with Crippen LogP contribution in [0.4, 0.5) is 0 Å². The summed E-state index contributed by atoms with van der Waals surface area (Å²) in [6.07, 6.45) is 5.42. The third-order valence-electron chi connectivity index (χ3n) is 4.21. The lowest BCUT2D eigenvalue weighted by Crippen LogP contribution is -2.57. The molecular weight excluding hydrogens is 262 g/mol. The van der Waals surface area contributed by atoms with Gasteiger partial charge in [0.1, 0.15) is 0 Å². The molecule has 110 valence electrons. The number of sulfone groups is 1. The van der Waals surface area contributed by atoms with Crippen molar-refractivity contribution in [1.82, 2.24) is 4.90 Å². The third kappa shape index (κ3) is 3.71. The van der Waals surface area contributed by atoms with E-state index in [-0.39, 0.29) is 22.8 Å². The maximum atomic E-state index is 12.0. The second-order valence-corrected chi connectivity index (χ2v) is 8.82. The van der Waals surface area contributed by atoms with Gasteiger partial charge in [-0.15, -0.1) is 0 Å². The second-order valence-electron chi connectivity index (χ2n) is 6.50. The fraction of sp³-hybridized carbons (Fsp3) is 0.929. The van der Waals surface area contributed by atoms with E-state index in [0.29, 0.717) is 25.4 Å². The molecule has 0 aromatic rings. The molecule has 1 saturated heterocycles. The van der Waals surface area contributed by atoms with E-state index in [1.165, 1.54) is 12.8 Å². The molecule has 0 spiro atoms. The minimum Gasteiger partial charge on any atom is -0.340 e. The average Bonchev–Trinajstić information content (AvgIpc) is 2.64. The minimum atomic E-state index is -3.01. The molecule has 1 heterocycles. The Morgan fingerprint density at radius 2 is 1.79 bits per heavy atom. The van der Waals surface area contributed by atoms with Crippen molar-refractivity contribution in [1.29, 1.82) is 0 Å². The van der Waals surface area contributed by atoms with Crippen LogP contribution in [0.2, 0.25) is 0 Å². The van der Waals surface area contributed by atoms with Gasteiger partial charge in [-0.25, -0.2) is 8.42 Å². The van der Waals surface area contributed by atoms with Gasteiger partial charge < -0.3 is 4.90 Å². The summed E-state index contributed by atoms with van der Waals surface area (Å²) in [5.41, 5.74) is 0. The van der Waals surface area contributed by atoms with Crippen molar-refractivity contribution in [2.45, 2.75) is 51.2 Å². The minimum absolute atomic E-state index is 0.155. The number of amides is 1. The number of hydrogen-bond acceptors (Lipinski definition) is 3. The van der Waals surface area contributed by atoms with E-state index >= 15 is 0 Å². The highest BCUT2D eigenvalue weighted by molar-refractivity contribution is 7.92. The summed E-state index contributed by atoms with van der Waals surface area (Å²) in [4.78, 5) is 13.7. The smallest absolute Gasteiger partial charge is 0.222 e. The molecule has 4 nitrogen and oxygen atoms in total. The summed E-state index contributed by atoms with van der Waals surface area (Å²) >= 11 is 0. The molecule has 1 saturated carbocycles. The number of nitrogens with zero attached hydrogens (tertiary/aromatic N) is 1. The molecule has 0 radical (unpaired) electrons. The van der Waals surface area contributed by atoms with Crippen molar-refractivity contribution in [2.75, 3.05) is 18.8 Å². The SMILES string of the molecule is CC(C)CS(=O)(=O)C1CN(C(=O)CC2CCCC2)C1. The van der Waals surface area contributed by atoms with Gasteiger partial charge in [0.25, 0.3) is 0 Å². The van der Waals surface area contributed by atoms with Gasteiger partial charge in [0.2, 0.25) is 5.91 Å². The van der Waals surface area contributed by atoms with Gasteiger partial charge in [-0.1, -0.05) is 26.7 Å². The van der Waals surface area contributed by atoms with Crippen LogP contribution in [0.5, 0.6) is 0 Å². The number of hydrogen-bond donors (Lipinski definition) is 0. The Hall–Kier alpha value is -0.580. The van der Waals surface area contributed by atoms with Gasteiger partial charge in [-0.2, -0.15) is 0 Å². The fourth-order valence-corrected chi connectivity index (χ4v) is 5.08. The van der Waals surface area contributed by atoms with Gasteiger partial charge in [0, 0.05) is 19.5 Å². The molecule has 0 bridgehead atoms. The standard InChI is InChI=1S/C14H25NO3S/c1-11(2)10-19(17,18)13-8-15(9-13)14(16)7-12-5-3-4-6-12/h11-13H,3-10H2,1-2H3. The zero-order chi connectivity index (χ0) is 14.0. The molecule has 1 aliphatic carbocycles. The van der Waals surface area contributed by atoms with E-state index < -0.39 is 9.84 Å². The number of carbonyl (C=O) groups is 1. The molecule has 5 heteroatoms. The molecule has 0 atom stereocenters. The first-order valence-electron chi connectivity index (χ1n) is 7.38. The van der Waals surface area contributed by atoms with Gasteiger partial charge in [0.15, 0.2) is 9.84 Å². The number of rotatable bonds is 5. The highest BCUT2D eigenvalue weighted by atomic mass is 32.2. The normalized spacial score (nSPS) is 21.9. The van der Waals surface area contributed by atoms with Crippen LogP contribution < -0.4 is 0 Å². The van der Waals surface area contributed by atoms with E-state index in [1.807, 2.05) is 13.8 Å². The van der Waals surface area contributed by atoms with Crippen molar-refractivity contribution in [3.05, 3.63) is 0 Å². The lowest BCUT2D eigenvalue weighted by atomic mass is 10.0. The van der Waals surface area contributed by atoms with E-state index in [2.05, 4.69) is 0 Å². The molecule has 2 aliphatic rings. The van der Waals surface area contributed by atoms with E-state index in [1.54, 1.807) is 4.90 Å². The molecule has 0 unspecified atom stereocenters. The Morgan fingerprint density at radius 3 is 2.32 bits per heavy atom. The maximum absolute atomic E-state index is 12.0. The van der Waals surface area contributed by atoms with Crippen molar-refractivity contribution in [3.8, 4) is 0 Å². The van der Waals surface area contributed by atoms with E-state index in [0.717, 1.165) is 12.8 Å². The highest BCUT2D eigenvalue weighted by Gasteiger charge is 2.40. The van der Waals surface area contributed by atoms with Crippen LogP contribution in [0.25, 0.3) is 0 Å². The predicted molar refractivity (Wildman–Crippen MR) is 75.6 cm³/mol. The predicted octanol–water partition coefficient (Wildman–Crippen LogP) is 1.85. The summed E-state index contributed by atoms with van der Waals surface area (Å²) in [6, 6.07) is 0. The molecule has 2 rings (SSSR count). The summed E-state index contributed by atoms with van der Waals surface area (Å²) in [6.45, 7) is 4.67. The van der Waals surface area contributed by atoms with Crippen molar-refractivity contribution in [2.24, 2.45) is 11.8 Å². The summed E-state index contributed by atoms with van der Waals surface area (Å²) in [5.74, 6) is 1.09. The Kier molecular flexibility index (Phi) is 4.54. The topological polar surface area (TPSA) is 54.5 Å². The van der Waals surface area contributed by atoms with E-state index in [4.69, 9.17) is 0 Å². The number of carbonyl (C=O) groups excluding carboxylic acids is 1. The van der Waals surface area contributed by atoms with E-state index in [9.17, 15) is 13.2 Å². The highest BCUT2D eigenvalue weighted by Crippen LogP contribution is 2.29. The first-order valence-corrected chi connectivity index (χ1v) is 9.09. The zero-order valence-corrected chi connectivity index (χ0v) is 12.8. The monoisotopic (exact) mass is 287 g/mol. The van der Waals surface area contributed by atoms with Crippen LogP contribution in [0.15, 0.2) is 0 Å². The quantitative estimate of drug-likeness (QED) is 0.775. The van der Waals surface area contributed by atoms with Crippen molar-refractivity contribution >= 4 is 15.7 Å². The first kappa shape index (κ1) is 14.8. The Morgan fingerprint density at radius 1 is 1.21 bits per heavy atom. The fourth-order valence-electron chi connectivity index (χ4n) is 3.06. The molecule has 2 fully saturated rings. The Labute approximate surface area is 116 Å². The van der Waals surface area contributed by atoms with Crippen LogP contribution >= 0.6 is 0 Å². The van der Waals surface area contributed by atoms with Crippen LogP contribution in [0, 0.1) is 11.8 Å². The van der Waals surface area contributed by atoms with Crippen molar-refractivity contribution < 1.29 is 13.2 Å². The first-order chi connectivity index (χ1) is 8.88. The molecule has 0 aromatic heterocycles. The van der Waals surface area contributed by atoms with Gasteiger partial charge in [-0.3, -0.25) is 4.79 Å². The van der Waals surface area contributed by atoms with Gasteiger partial charge in [-0.05, 0) is 24.7 Å². The summed E-state index contributed by atoms with van der Waals surface area (Å²) < 4.78 is 24.0. The van der Waals surface area contributed by atoms with Crippen LogP contribution in [0.3, 0.4) is 0 Å². The molecule has 1 amide bonds. The zero-order valence-electron chi connectivity index (χ0n) is 12.0. The largest absolute Gasteiger partial charge is 0.340 e. The maximum Gasteiger partial charge on any atom is 0.222 e. The average molecular weight is 287 g/mol. The Bertz CT molecular complexity index is 418. The number of likely N-dealkylation sites (tertiary alicyclic amines) is 1. The van der Waals surface area contributed by atoms with Gasteiger partial charge in [0.05, 0.1) is 11.0 Å². The Balaban J connectivity index is 1.77. The van der Waals surface area contributed by atoms with Crippen molar-refractivity contribution in [3.63, 3.8) is 0 Å². The molecule has 0 N–H and O–H groups in total. The van der Waals surface area contributed by atoms with Crippen LogP contribution in [0.1, 0.15) is 46.0 Å². The third-order valence-corrected chi connectivity index (χ3v) is 6.66. The van der Waals surface area contributed by atoms with Gasteiger partial charge >= 0.3 is 0 Å². The molecular formula is C14H25NO3S. The second kappa shape index (κ2) is 5.81. The summed E-state index contributed by atoms with van der Waals surface area (Å²) in [7, 11) is -3.01. The van der Waals surface area contributed by atoms with Crippen LogP contribution in [-0.2, 0) is 14.6 Å². The molecule has 1 aliphatic heterocycles. The molecule has 0 aromatic carbocycles. The summed E-state index contributed by atoms with van der Waals surface area (Å²) in [5, 5.41) is -0.317.